The summed E-state index contributed by atoms with van der Waals surface area (Å²) in [4.78, 5) is 0. The Hall–Kier alpha value is -0.640. The van der Waals surface area contributed by atoms with Gasteiger partial charge in [0.2, 0.25) is 0 Å². The van der Waals surface area contributed by atoms with Crippen LogP contribution < -0.4 is 0 Å². The molecule has 2 nitrogen and oxygen atoms in total. The number of hydrogen-bond donors (Lipinski definition) is 0. The molecule has 1 aromatic rings. The molecule has 1 aliphatic rings. The van der Waals surface area contributed by atoms with Crippen molar-refractivity contribution in [2.24, 2.45) is 0 Å². The van der Waals surface area contributed by atoms with E-state index in [0.29, 0.717) is 18.1 Å². The fourth-order valence-electron chi connectivity index (χ4n) is 1.68. The molecular formula is C11H12ClFO2. The Kier molecular flexibility index (Phi) is 2.96. The van der Waals surface area contributed by atoms with E-state index in [9.17, 15) is 4.39 Å². The van der Waals surface area contributed by atoms with Crippen molar-refractivity contribution in [1.29, 1.82) is 0 Å². The first-order valence-corrected chi connectivity index (χ1v) is 5.32. The molecule has 0 aromatic heterocycles. The Labute approximate surface area is 92.9 Å². The zero-order chi connectivity index (χ0) is 10.9. The van der Waals surface area contributed by atoms with Crippen molar-refractivity contribution in [3.05, 3.63) is 35.6 Å². The second-order valence-corrected chi connectivity index (χ2v) is 3.94. The molecule has 0 saturated carbocycles. The molecule has 2 unspecified atom stereocenters. The van der Waals surface area contributed by atoms with Gasteiger partial charge in [-0.1, -0.05) is 18.2 Å². The first-order valence-electron chi connectivity index (χ1n) is 4.78. The van der Waals surface area contributed by atoms with Crippen LogP contribution >= 0.6 is 11.6 Å². The summed E-state index contributed by atoms with van der Waals surface area (Å²) in [5.41, 5.74) is 0.414. The summed E-state index contributed by atoms with van der Waals surface area (Å²) in [6, 6.07) is 6.44. The Bertz CT molecular complexity index is 358. The van der Waals surface area contributed by atoms with Crippen LogP contribution in [0.1, 0.15) is 12.5 Å². The standard InChI is InChI=1S/C11H12ClFO2/c1-11(14-7-8(6-12)15-11)9-4-2-3-5-10(9)13/h2-5,8H,6-7H2,1H3. The van der Waals surface area contributed by atoms with Crippen molar-refractivity contribution < 1.29 is 13.9 Å². The first kappa shape index (κ1) is 10.9. The molecule has 82 valence electrons. The maximum atomic E-state index is 13.5. The molecule has 15 heavy (non-hydrogen) atoms. The molecule has 0 aliphatic carbocycles. The summed E-state index contributed by atoms with van der Waals surface area (Å²) < 4.78 is 24.6. The summed E-state index contributed by atoms with van der Waals surface area (Å²) >= 11 is 5.66. The Morgan fingerprint density at radius 3 is 2.87 bits per heavy atom. The van der Waals surface area contributed by atoms with Gasteiger partial charge in [-0.3, -0.25) is 0 Å². The predicted molar refractivity (Wildman–Crippen MR) is 55.3 cm³/mol. The van der Waals surface area contributed by atoms with Crippen LogP contribution in [0, 0.1) is 5.82 Å². The second-order valence-electron chi connectivity index (χ2n) is 3.63. The van der Waals surface area contributed by atoms with Crippen molar-refractivity contribution >= 4 is 11.6 Å². The Morgan fingerprint density at radius 1 is 1.53 bits per heavy atom. The molecule has 1 heterocycles. The van der Waals surface area contributed by atoms with E-state index in [4.69, 9.17) is 21.1 Å². The van der Waals surface area contributed by atoms with Crippen LogP contribution in [0.25, 0.3) is 0 Å². The van der Waals surface area contributed by atoms with Crippen molar-refractivity contribution in [3.63, 3.8) is 0 Å². The summed E-state index contributed by atoms with van der Waals surface area (Å²) in [6.45, 7) is 2.10. The molecule has 0 radical (unpaired) electrons. The van der Waals surface area contributed by atoms with Gasteiger partial charge in [-0.25, -0.2) is 4.39 Å². The van der Waals surface area contributed by atoms with Crippen molar-refractivity contribution in [3.8, 4) is 0 Å². The van der Waals surface area contributed by atoms with Crippen LogP contribution in [0.15, 0.2) is 24.3 Å². The number of halogens is 2. The van der Waals surface area contributed by atoms with Crippen LogP contribution in [-0.2, 0) is 15.3 Å². The molecule has 1 aliphatic heterocycles. The first-order chi connectivity index (χ1) is 7.15. The van der Waals surface area contributed by atoms with Crippen molar-refractivity contribution in [2.45, 2.75) is 18.8 Å². The lowest BCUT2D eigenvalue weighted by Crippen LogP contribution is -2.25. The molecule has 0 spiro atoms. The van der Waals surface area contributed by atoms with E-state index in [0.717, 1.165) is 0 Å². The summed E-state index contributed by atoms with van der Waals surface area (Å²) in [7, 11) is 0. The summed E-state index contributed by atoms with van der Waals surface area (Å²) in [5, 5.41) is 0. The third-order valence-electron chi connectivity index (χ3n) is 2.47. The van der Waals surface area contributed by atoms with Gasteiger partial charge in [-0.05, 0) is 13.0 Å². The highest BCUT2D eigenvalue weighted by molar-refractivity contribution is 6.18. The molecule has 1 saturated heterocycles. The van der Waals surface area contributed by atoms with E-state index in [1.165, 1.54) is 6.07 Å². The molecule has 1 fully saturated rings. The molecule has 0 bridgehead atoms. The summed E-state index contributed by atoms with van der Waals surface area (Å²) in [6.07, 6.45) is -0.170. The number of ether oxygens (including phenoxy) is 2. The minimum Gasteiger partial charge on any atom is -0.343 e. The van der Waals surface area contributed by atoms with E-state index in [-0.39, 0.29) is 11.9 Å². The minimum absolute atomic E-state index is 0.170. The van der Waals surface area contributed by atoms with E-state index in [1.54, 1.807) is 25.1 Å². The normalized spacial score (nSPS) is 30.7. The lowest BCUT2D eigenvalue weighted by atomic mass is 10.1. The number of alkyl halides is 1. The Morgan fingerprint density at radius 2 is 2.27 bits per heavy atom. The maximum Gasteiger partial charge on any atom is 0.195 e. The van der Waals surface area contributed by atoms with Crippen LogP contribution in [0.4, 0.5) is 4.39 Å². The van der Waals surface area contributed by atoms with Gasteiger partial charge in [0.05, 0.1) is 18.6 Å². The number of rotatable bonds is 2. The quantitative estimate of drug-likeness (QED) is 0.728. The largest absolute Gasteiger partial charge is 0.343 e. The van der Waals surface area contributed by atoms with Crippen LogP contribution in [0.2, 0.25) is 0 Å². The van der Waals surface area contributed by atoms with Crippen molar-refractivity contribution in [1.82, 2.24) is 0 Å². The van der Waals surface area contributed by atoms with Crippen molar-refractivity contribution in [2.75, 3.05) is 12.5 Å². The van der Waals surface area contributed by atoms with Gasteiger partial charge in [-0.15, -0.1) is 11.6 Å². The smallest absolute Gasteiger partial charge is 0.195 e. The zero-order valence-corrected chi connectivity index (χ0v) is 9.13. The van der Waals surface area contributed by atoms with E-state index >= 15 is 0 Å². The molecule has 2 rings (SSSR count). The highest BCUT2D eigenvalue weighted by Crippen LogP contribution is 2.35. The van der Waals surface area contributed by atoms with Gasteiger partial charge in [-0.2, -0.15) is 0 Å². The van der Waals surface area contributed by atoms with E-state index in [1.807, 2.05) is 0 Å². The molecule has 0 N–H and O–H groups in total. The lowest BCUT2D eigenvalue weighted by molar-refractivity contribution is -0.161. The fraction of sp³-hybridized carbons (Fsp3) is 0.455. The number of hydrogen-bond acceptors (Lipinski definition) is 2. The average molecular weight is 231 g/mol. The van der Waals surface area contributed by atoms with Gasteiger partial charge in [0.15, 0.2) is 5.79 Å². The third-order valence-corrected chi connectivity index (χ3v) is 2.82. The Balaban J connectivity index is 2.27. The van der Waals surface area contributed by atoms with Crippen LogP contribution in [0.5, 0.6) is 0 Å². The van der Waals surface area contributed by atoms with Crippen LogP contribution in [-0.4, -0.2) is 18.6 Å². The van der Waals surface area contributed by atoms with Gasteiger partial charge in [0.1, 0.15) is 5.82 Å². The van der Waals surface area contributed by atoms with Crippen LogP contribution in [0.3, 0.4) is 0 Å². The van der Waals surface area contributed by atoms with Gasteiger partial charge in [0, 0.05) is 5.56 Å². The highest BCUT2D eigenvalue weighted by atomic mass is 35.5. The topological polar surface area (TPSA) is 18.5 Å². The van der Waals surface area contributed by atoms with E-state index < -0.39 is 5.79 Å². The number of benzene rings is 1. The third kappa shape index (κ3) is 2.00. The average Bonchev–Trinajstić information content (AvgIpc) is 2.62. The zero-order valence-electron chi connectivity index (χ0n) is 8.37. The molecule has 0 amide bonds. The maximum absolute atomic E-state index is 13.5. The van der Waals surface area contributed by atoms with Gasteiger partial charge < -0.3 is 9.47 Å². The summed E-state index contributed by atoms with van der Waals surface area (Å²) in [5.74, 6) is -0.982. The second kappa shape index (κ2) is 4.08. The molecular weight excluding hydrogens is 219 g/mol. The molecule has 1 aromatic carbocycles. The van der Waals surface area contributed by atoms with Gasteiger partial charge >= 0.3 is 0 Å². The predicted octanol–water partition coefficient (Wildman–Crippen LogP) is 2.65. The lowest BCUT2D eigenvalue weighted by Gasteiger charge is -2.23. The highest BCUT2D eigenvalue weighted by Gasteiger charge is 2.40. The fourth-order valence-corrected chi connectivity index (χ4v) is 1.84. The molecule has 4 heteroatoms. The SMILES string of the molecule is CC1(c2ccccc2F)OCC(CCl)O1. The van der Waals surface area contributed by atoms with E-state index in [2.05, 4.69) is 0 Å². The monoisotopic (exact) mass is 230 g/mol. The van der Waals surface area contributed by atoms with Gasteiger partial charge in [0.25, 0.3) is 0 Å². The minimum atomic E-state index is -1.01. The molecule has 2 atom stereocenters.